The van der Waals surface area contributed by atoms with Gasteiger partial charge in [0.2, 0.25) is 0 Å². The van der Waals surface area contributed by atoms with Crippen LogP contribution in [0.15, 0.2) is 5.38 Å². The maximum absolute atomic E-state index is 11.6. The monoisotopic (exact) mass is 256 g/mol. The van der Waals surface area contributed by atoms with Crippen LogP contribution in [0.4, 0.5) is 0 Å². The van der Waals surface area contributed by atoms with Crippen molar-refractivity contribution in [3.8, 4) is 0 Å². The van der Waals surface area contributed by atoms with Crippen LogP contribution < -0.4 is 5.32 Å². The van der Waals surface area contributed by atoms with Crippen molar-refractivity contribution in [3.63, 3.8) is 0 Å². The Kier molecular flexibility index (Phi) is 4.62. The Morgan fingerprint density at radius 2 is 2.18 bits per heavy atom. The first kappa shape index (κ1) is 13.6. The first-order chi connectivity index (χ1) is 7.91. The van der Waals surface area contributed by atoms with Gasteiger partial charge in [-0.05, 0) is 12.8 Å². The van der Waals surface area contributed by atoms with Crippen LogP contribution in [0.1, 0.15) is 29.3 Å². The third kappa shape index (κ3) is 3.81. The highest BCUT2D eigenvalue weighted by Gasteiger charge is 2.22. The molecule has 0 aliphatic carbocycles. The molecule has 1 heterocycles. The van der Waals surface area contributed by atoms with Gasteiger partial charge >= 0.3 is 5.97 Å². The van der Waals surface area contributed by atoms with Crippen LogP contribution in [0.2, 0.25) is 0 Å². The second-order valence-corrected chi connectivity index (χ2v) is 5.21. The van der Waals surface area contributed by atoms with Gasteiger partial charge in [-0.25, -0.2) is 4.98 Å². The Balaban J connectivity index is 2.55. The molecule has 1 unspecified atom stereocenters. The average Bonchev–Trinajstić information content (AvgIpc) is 2.63. The minimum Gasteiger partial charge on any atom is -0.481 e. The number of carboxylic acid groups (broad SMARTS) is 1. The van der Waals surface area contributed by atoms with Gasteiger partial charge in [0.15, 0.2) is 0 Å². The molecule has 0 aliphatic heterocycles. The molecule has 1 rings (SSSR count). The molecule has 94 valence electrons. The number of thiazole rings is 1. The summed E-state index contributed by atoms with van der Waals surface area (Å²) < 4.78 is 0. The number of carbonyl (C=O) groups excluding carboxylic acids is 1. The van der Waals surface area contributed by atoms with Gasteiger partial charge in [0, 0.05) is 11.9 Å². The van der Waals surface area contributed by atoms with Crippen molar-refractivity contribution < 1.29 is 14.7 Å². The maximum atomic E-state index is 11.6. The molecule has 6 heteroatoms. The van der Waals surface area contributed by atoms with Gasteiger partial charge < -0.3 is 10.4 Å². The lowest BCUT2D eigenvalue weighted by atomic mass is 9.96. The van der Waals surface area contributed by atoms with Crippen LogP contribution in [0, 0.1) is 18.8 Å². The Labute approximate surface area is 104 Å². The van der Waals surface area contributed by atoms with Crippen molar-refractivity contribution in [1.29, 1.82) is 0 Å². The number of nitrogens with zero attached hydrogens (tertiary/aromatic N) is 1. The molecule has 0 bridgehead atoms. The number of hydrogen-bond donors (Lipinski definition) is 2. The molecular formula is C11H16N2O3S. The molecule has 2 N–H and O–H groups in total. The normalized spacial score (nSPS) is 12.5. The number of aromatic nitrogens is 1. The third-order valence-corrected chi connectivity index (χ3v) is 3.23. The van der Waals surface area contributed by atoms with Crippen LogP contribution >= 0.6 is 11.3 Å². The first-order valence-corrected chi connectivity index (χ1v) is 6.23. The summed E-state index contributed by atoms with van der Waals surface area (Å²) in [6.07, 6.45) is 0. The summed E-state index contributed by atoms with van der Waals surface area (Å²) in [5, 5.41) is 14.0. The molecule has 1 amide bonds. The quantitative estimate of drug-likeness (QED) is 0.837. The molecule has 0 aromatic carbocycles. The molecule has 1 atom stereocenters. The van der Waals surface area contributed by atoms with Crippen molar-refractivity contribution in [2.45, 2.75) is 20.8 Å². The van der Waals surface area contributed by atoms with Crippen molar-refractivity contribution >= 4 is 23.2 Å². The predicted molar refractivity (Wildman–Crippen MR) is 65.1 cm³/mol. The van der Waals surface area contributed by atoms with Crippen molar-refractivity contribution in [2.75, 3.05) is 6.54 Å². The standard InChI is InChI=1S/C11H16N2O3S/c1-6(2)8(11(15)16)4-12-10(14)9-5-17-7(3)13-9/h5-6,8H,4H2,1-3H3,(H,12,14)(H,15,16). The van der Waals surface area contributed by atoms with Gasteiger partial charge in [0.1, 0.15) is 5.69 Å². The number of rotatable bonds is 5. The number of aliphatic carboxylic acids is 1. The molecule has 0 spiro atoms. The van der Waals surface area contributed by atoms with Crippen LogP contribution in [-0.2, 0) is 4.79 Å². The Morgan fingerprint density at radius 1 is 1.53 bits per heavy atom. The van der Waals surface area contributed by atoms with Gasteiger partial charge in [-0.3, -0.25) is 9.59 Å². The zero-order valence-electron chi connectivity index (χ0n) is 10.1. The van der Waals surface area contributed by atoms with E-state index in [0.717, 1.165) is 5.01 Å². The molecule has 0 fully saturated rings. The molecule has 0 saturated heterocycles. The molecule has 1 aromatic heterocycles. The van der Waals surface area contributed by atoms with Crippen molar-refractivity contribution in [1.82, 2.24) is 10.3 Å². The van der Waals surface area contributed by atoms with Gasteiger partial charge in [0.25, 0.3) is 5.91 Å². The highest BCUT2D eigenvalue weighted by atomic mass is 32.1. The Bertz CT molecular complexity index is 415. The minimum absolute atomic E-state index is 0.0232. The molecule has 17 heavy (non-hydrogen) atoms. The number of carbonyl (C=O) groups is 2. The number of nitrogens with one attached hydrogen (secondary N) is 1. The van der Waals surface area contributed by atoms with Crippen molar-refractivity contribution in [3.05, 3.63) is 16.1 Å². The van der Waals surface area contributed by atoms with E-state index in [2.05, 4.69) is 10.3 Å². The summed E-state index contributed by atoms with van der Waals surface area (Å²) in [6.45, 7) is 5.58. The van der Waals surface area contributed by atoms with Gasteiger partial charge in [0.05, 0.1) is 10.9 Å². The third-order valence-electron chi connectivity index (χ3n) is 2.46. The van der Waals surface area contributed by atoms with Gasteiger partial charge in [-0.15, -0.1) is 11.3 Å². The smallest absolute Gasteiger partial charge is 0.308 e. The maximum Gasteiger partial charge on any atom is 0.308 e. The fraction of sp³-hybridized carbons (Fsp3) is 0.545. The van der Waals surface area contributed by atoms with Crippen LogP contribution in [0.5, 0.6) is 0 Å². The number of amides is 1. The summed E-state index contributed by atoms with van der Waals surface area (Å²) >= 11 is 1.39. The molecular weight excluding hydrogens is 240 g/mol. The topological polar surface area (TPSA) is 79.3 Å². The van der Waals surface area contributed by atoms with E-state index in [1.165, 1.54) is 11.3 Å². The fourth-order valence-corrected chi connectivity index (χ4v) is 1.96. The number of carboxylic acids is 1. The van der Waals surface area contributed by atoms with E-state index in [0.29, 0.717) is 5.69 Å². The highest BCUT2D eigenvalue weighted by Crippen LogP contribution is 2.11. The zero-order chi connectivity index (χ0) is 13.0. The van der Waals surface area contributed by atoms with E-state index in [1.54, 1.807) is 5.38 Å². The van der Waals surface area contributed by atoms with Gasteiger partial charge in [-0.1, -0.05) is 13.8 Å². The largest absolute Gasteiger partial charge is 0.481 e. The van der Waals surface area contributed by atoms with Crippen LogP contribution in [-0.4, -0.2) is 28.5 Å². The van der Waals surface area contributed by atoms with E-state index in [1.807, 2.05) is 20.8 Å². The number of aryl methyl sites for hydroxylation is 1. The van der Waals surface area contributed by atoms with Crippen molar-refractivity contribution in [2.24, 2.45) is 11.8 Å². The molecule has 1 aromatic rings. The lowest BCUT2D eigenvalue weighted by molar-refractivity contribution is -0.142. The van der Waals surface area contributed by atoms with E-state index < -0.39 is 11.9 Å². The zero-order valence-corrected chi connectivity index (χ0v) is 10.9. The second kappa shape index (κ2) is 5.77. The van der Waals surface area contributed by atoms with E-state index in [9.17, 15) is 9.59 Å². The second-order valence-electron chi connectivity index (χ2n) is 4.15. The summed E-state index contributed by atoms with van der Waals surface area (Å²) in [6, 6.07) is 0. The molecule has 5 nitrogen and oxygen atoms in total. The minimum atomic E-state index is -0.894. The van der Waals surface area contributed by atoms with Crippen LogP contribution in [0.25, 0.3) is 0 Å². The number of hydrogen-bond acceptors (Lipinski definition) is 4. The highest BCUT2D eigenvalue weighted by molar-refractivity contribution is 7.09. The van der Waals surface area contributed by atoms with Crippen LogP contribution in [0.3, 0.4) is 0 Å². The lowest BCUT2D eigenvalue weighted by Crippen LogP contribution is -2.35. The van der Waals surface area contributed by atoms with E-state index in [-0.39, 0.29) is 18.4 Å². The lowest BCUT2D eigenvalue weighted by Gasteiger charge is -2.16. The summed E-state index contributed by atoms with van der Waals surface area (Å²) in [5.74, 6) is -1.81. The predicted octanol–water partition coefficient (Wildman–Crippen LogP) is 1.54. The first-order valence-electron chi connectivity index (χ1n) is 5.35. The molecule has 0 radical (unpaired) electrons. The summed E-state index contributed by atoms with van der Waals surface area (Å²) in [4.78, 5) is 26.6. The molecule has 0 aliphatic rings. The SMILES string of the molecule is Cc1nc(C(=O)NCC(C(=O)O)C(C)C)cs1. The Hall–Kier alpha value is -1.43. The fourth-order valence-electron chi connectivity index (χ4n) is 1.37. The molecule has 0 saturated carbocycles. The summed E-state index contributed by atoms with van der Waals surface area (Å²) in [7, 11) is 0. The average molecular weight is 256 g/mol. The van der Waals surface area contributed by atoms with E-state index >= 15 is 0 Å². The Morgan fingerprint density at radius 3 is 2.59 bits per heavy atom. The summed E-state index contributed by atoms with van der Waals surface area (Å²) in [5.41, 5.74) is 0.348. The van der Waals surface area contributed by atoms with Gasteiger partial charge in [-0.2, -0.15) is 0 Å². The van der Waals surface area contributed by atoms with E-state index in [4.69, 9.17) is 5.11 Å².